The molecule has 2 N–H and O–H groups in total. The van der Waals surface area contributed by atoms with Crippen molar-refractivity contribution in [1.29, 1.82) is 0 Å². The number of ether oxygens (including phenoxy) is 1. The van der Waals surface area contributed by atoms with Gasteiger partial charge in [0.05, 0.1) is 29.3 Å². The Balaban J connectivity index is 1.36. The van der Waals surface area contributed by atoms with Gasteiger partial charge in [0.1, 0.15) is 11.6 Å². The highest BCUT2D eigenvalue weighted by Gasteiger charge is 2.17. The number of amides is 3. The average Bonchev–Trinajstić information content (AvgIpc) is 3.20. The van der Waals surface area contributed by atoms with Crippen LogP contribution in [-0.2, 0) is 29.0 Å². The van der Waals surface area contributed by atoms with Gasteiger partial charge in [-0.25, -0.2) is 14.6 Å². The topological polar surface area (TPSA) is 133 Å². The Hall–Kier alpha value is -3.95. The minimum Gasteiger partial charge on any atom is -0.467 e. The molecule has 0 bridgehead atoms. The lowest BCUT2D eigenvalue weighted by molar-refractivity contribution is -0.123. The van der Waals surface area contributed by atoms with Crippen molar-refractivity contribution in [2.24, 2.45) is 0 Å². The molecule has 10 heteroatoms. The molecule has 0 spiro atoms. The van der Waals surface area contributed by atoms with E-state index < -0.39 is 24.5 Å². The molecule has 10 nitrogen and oxygen atoms in total. The van der Waals surface area contributed by atoms with Crippen molar-refractivity contribution in [1.82, 2.24) is 20.2 Å². The summed E-state index contributed by atoms with van der Waals surface area (Å²) in [5.74, 6) is -0.293. The van der Waals surface area contributed by atoms with Gasteiger partial charge in [-0.05, 0) is 43.2 Å². The average molecular weight is 438 g/mol. The third-order valence-electron chi connectivity index (χ3n) is 5.14. The molecule has 3 heterocycles. The molecule has 4 rings (SSSR count). The van der Waals surface area contributed by atoms with E-state index in [1.54, 1.807) is 22.8 Å². The van der Waals surface area contributed by atoms with E-state index in [-0.39, 0.29) is 17.7 Å². The van der Waals surface area contributed by atoms with Crippen LogP contribution >= 0.6 is 0 Å². The van der Waals surface area contributed by atoms with E-state index in [0.29, 0.717) is 35.5 Å². The number of nitrogens with zero attached hydrogens (tertiary/aromatic N) is 2. The lowest BCUT2D eigenvalue weighted by Crippen LogP contribution is -2.41. The summed E-state index contributed by atoms with van der Waals surface area (Å²) < 4.78 is 11.8. The van der Waals surface area contributed by atoms with Crippen molar-refractivity contribution in [2.75, 3.05) is 6.61 Å². The van der Waals surface area contributed by atoms with E-state index in [1.165, 1.54) is 18.4 Å². The van der Waals surface area contributed by atoms with Gasteiger partial charge in [0.25, 0.3) is 11.5 Å². The van der Waals surface area contributed by atoms with Crippen molar-refractivity contribution < 1.29 is 23.5 Å². The number of imide groups is 1. The molecule has 0 saturated heterocycles. The summed E-state index contributed by atoms with van der Waals surface area (Å²) in [5, 5.41) is 4.94. The minimum absolute atomic E-state index is 0.111. The van der Waals surface area contributed by atoms with Gasteiger partial charge in [-0.1, -0.05) is 6.42 Å². The van der Waals surface area contributed by atoms with Gasteiger partial charge in [0, 0.05) is 13.0 Å². The standard InChI is InChI=1S/C22H22N4O6/c27-19(25-22(30)23-12-15-5-4-10-31-15)13-32-21(29)14-7-8-16-17(11-14)24-18-6-2-1-3-9-26(18)20(16)28/h4-5,7-8,10-11H,1-3,6,9,12-13H2,(H2,23,25,27,30). The molecule has 0 fully saturated rings. The number of aryl methyl sites for hydroxylation is 1. The smallest absolute Gasteiger partial charge is 0.338 e. The summed E-state index contributed by atoms with van der Waals surface area (Å²) in [5.41, 5.74) is 0.462. The monoisotopic (exact) mass is 438 g/mol. The number of benzene rings is 1. The van der Waals surface area contributed by atoms with E-state index in [2.05, 4.69) is 15.6 Å². The van der Waals surface area contributed by atoms with E-state index in [4.69, 9.17) is 9.15 Å². The van der Waals surface area contributed by atoms with Crippen molar-refractivity contribution in [2.45, 2.75) is 38.8 Å². The van der Waals surface area contributed by atoms with Crippen LogP contribution in [0, 0.1) is 0 Å². The van der Waals surface area contributed by atoms with Gasteiger partial charge in [-0.3, -0.25) is 19.5 Å². The fraction of sp³-hybridized carbons (Fsp3) is 0.318. The molecule has 0 radical (unpaired) electrons. The fourth-order valence-electron chi connectivity index (χ4n) is 3.55. The molecular formula is C22H22N4O6. The molecule has 1 aliphatic heterocycles. The van der Waals surface area contributed by atoms with Crippen LogP contribution in [0.15, 0.2) is 45.8 Å². The van der Waals surface area contributed by atoms with Crippen LogP contribution in [0.25, 0.3) is 10.9 Å². The van der Waals surface area contributed by atoms with E-state index in [1.807, 2.05) is 0 Å². The number of urea groups is 1. The molecule has 0 saturated carbocycles. The Labute approximate surface area is 182 Å². The Morgan fingerprint density at radius 3 is 2.84 bits per heavy atom. The third-order valence-corrected chi connectivity index (χ3v) is 5.14. The minimum atomic E-state index is -0.780. The summed E-state index contributed by atoms with van der Waals surface area (Å²) in [7, 11) is 0. The van der Waals surface area contributed by atoms with Gasteiger partial charge in [-0.15, -0.1) is 0 Å². The molecule has 0 atom stereocenters. The normalized spacial score (nSPS) is 13.1. The van der Waals surface area contributed by atoms with Crippen LogP contribution in [0.5, 0.6) is 0 Å². The Bertz CT molecular complexity index is 1220. The van der Waals surface area contributed by atoms with Crippen LogP contribution in [0.1, 0.15) is 41.2 Å². The van der Waals surface area contributed by atoms with Gasteiger partial charge in [-0.2, -0.15) is 0 Å². The fourth-order valence-corrected chi connectivity index (χ4v) is 3.55. The first-order valence-corrected chi connectivity index (χ1v) is 10.3. The maximum atomic E-state index is 12.8. The molecule has 0 aliphatic carbocycles. The molecule has 0 unspecified atom stereocenters. The summed E-state index contributed by atoms with van der Waals surface area (Å²) in [6, 6.07) is 7.10. The second-order valence-electron chi connectivity index (χ2n) is 7.41. The van der Waals surface area contributed by atoms with Crippen LogP contribution < -0.4 is 16.2 Å². The summed E-state index contributed by atoms with van der Waals surface area (Å²) in [4.78, 5) is 53.3. The lowest BCUT2D eigenvalue weighted by atomic mass is 10.1. The predicted octanol–water partition coefficient (Wildman–Crippen LogP) is 1.90. The van der Waals surface area contributed by atoms with Gasteiger partial charge >= 0.3 is 12.0 Å². The van der Waals surface area contributed by atoms with E-state index in [0.717, 1.165) is 19.3 Å². The number of esters is 1. The predicted molar refractivity (Wildman–Crippen MR) is 113 cm³/mol. The first-order chi connectivity index (χ1) is 15.5. The largest absolute Gasteiger partial charge is 0.467 e. The molecule has 166 valence electrons. The van der Waals surface area contributed by atoms with Crippen LogP contribution in [0.4, 0.5) is 4.79 Å². The highest BCUT2D eigenvalue weighted by molar-refractivity contribution is 5.98. The highest BCUT2D eigenvalue weighted by atomic mass is 16.5. The first kappa shape index (κ1) is 21.3. The zero-order chi connectivity index (χ0) is 22.5. The summed E-state index contributed by atoms with van der Waals surface area (Å²) in [6.07, 6.45) is 5.12. The number of fused-ring (bicyclic) bond motifs is 2. The number of carbonyl (C=O) groups is 3. The zero-order valence-electron chi connectivity index (χ0n) is 17.3. The third kappa shape index (κ3) is 4.85. The zero-order valence-corrected chi connectivity index (χ0v) is 17.3. The van der Waals surface area contributed by atoms with Crippen LogP contribution in [0.3, 0.4) is 0 Å². The van der Waals surface area contributed by atoms with Crippen molar-refractivity contribution >= 4 is 28.8 Å². The Kier molecular flexibility index (Phi) is 6.29. The Morgan fingerprint density at radius 1 is 1.16 bits per heavy atom. The molecule has 2 aromatic heterocycles. The SMILES string of the molecule is O=C(COC(=O)c1ccc2c(=O)n3c(nc2c1)CCCCC3)NC(=O)NCc1ccco1. The summed E-state index contributed by atoms with van der Waals surface area (Å²) >= 11 is 0. The van der Waals surface area contributed by atoms with Crippen molar-refractivity contribution in [3.63, 3.8) is 0 Å². The number of aromatic nitrogens is 2. The number of rotatable bonds is 5. The number of nitrogens with one attached hydrogen (secondary N) is 2. The number of hydrogen-bond acceptors (Lipinski definition) is 7. The molecule has 1 aliphatic rings. The van der Waals surface area contributed by atoms with E-state index >= 15 is 0 Å². The Morgan fingerprint density at radius 2 is 2.03 bits per heavy atom. The second-order valence-corrected chi connectivity index (χ2v) is 7.41. The molecular weight excluding hydrogens is 416 g/mol. The first-order valence-electron chi connectivity index (χ1n) is 10.3. The molecule has 3 aromatic rings. The van der Waals surface area contributed by atoms with Gasteiger partial charge < -0.3 is 14.5 Å². The second kappa shape index (κ2) is 9.46. The van der Waals surface area contributed by atoms with Gasteiger partial charge in [0.15, 0.2) is 6.61 Å². The van der Waals surface area contributed by atoms with E-state index in [9.17, 15) is 19.2 Å². The number of furan rings is 1. The number of hydrogen-bond donors (Lipinski definition) is 2. The van der Waals surface area contributed by atoms with Crippen molar-refractivity contribution in [3.8, 4) is 0 Å². The van der Waals surface area contributed by atoms with Crippen LogP contribution in [-0.4, -0.2) is 34.1 Å². The van der Waals surface area contributed by atoms with Crippen molar-refractivity contribution in [3.05, 3.63) is 64.1 Å². The van der Waals surface area contributed by atoms with Crippen LogP contribution in [0.2, 0.25) is 0 Å². The van der Waals surface area contributed by atoms with Gasteiger partial charge in [0.2, 0.25) is 0 Å². The maximum Gasteiger partial charge on any atom is 0.338 e. The molecule has 3 amide bonds. The highest BCUT2D eigenvalue weighted by Crippen LogP contribution is 2.16. The molecule has 1 aromatic carbocycles. The maximum absolute atomic E-state index is 12.8. The lowest BCUT2D eigenvalue weighted by Gasteiger charge is -2.11. The number of carbonyl (C=O) groups excluding carboxylic acids is 3. The quantitative estimate of drug-likeness (QED) is 0.581. The summed E-state index contributed by atoms with van der Waals surface area (Å²) in [6.45, 7) is 0.121. The molecule has 32 heavy (non-hydrogen) atoms.